The van der Waals surface area contributed by atoms with E-state index in [2.05, 4.69) is 31.2 Å². The molecule has 0 radical (unpaired) electrons. The van der Waals surface area contributed by atoms with Gasteiger partial charge in [0.05, 0.1) is 0 Å². The molecule has 3 rings (SSSR count). The summed E-state index contributed by atoms with van der Waals surface area (Å²) in [4.78, 5) is 12.5. The van der Waals surface area contributed by atoms with Crippen LogP contribution in [0.25, 0.3) is 0 Å². The van der Waals surface area contributed by atoms with E-state index in [1.165, 1.54) is 10.0 Å². The third-order valence-corrected chi connectivity index (χ3v) is 7.29. The Bertz CT molecular complexity index is 568. The van der Waals surface area contributed by atoms with Crippen LogP contribution in [0.5, 0.6) is 0 Å². The van der Waals surface area contributed by atoms with Gasteiger partial charge >= 0.3 is 131 Å². The molecule has 1 aliphatic heterocycles. The molecule has 0 spiro atoms. The number of carbonyl (C=O) groups excluding carboxylic acids is 1. The first-order valence-corrected chi connectivity index (χ1v) is 8.87. The molecule has 1 fully saturated rings. The topological polar surface area (TPSA) is 26.3 Å². The van der Waals surface area contributed by atoms with E-state index in [4.69, 9.17) is 4.74 Å². The molecule has 1 saturated heterocycles. The van der Waals surface area contributed by atoms with Gasteiger partial charge in [-0.1, -0.05) is 0 Å². The molecule has 0 unspecified atom stereocenters. The van der Waals surface area contributed by atoms with Crippen LogP contribution in [0.3, 0.4) is 0 Å². The number of hydrogen-bond acceptors (Lipinski definition) is 2. The van der Waals surface area contributed by atoms with Crippen LogP contribution in [0.1, 0.15) is 12.5 Å². The second-order valence-corrected chi connectivity index (χ2v) is 8.41. The second kappa shape index (κ2) is 6.05. The maximum absolute atomic E-state index is 12.5. The molecule has 2 nitrogen and oxygen atoms in total. The Kier molecular flexibility index (Phi) is 4.14. The van der Waals surface area contributed by atoms with Crippen LogP contribution in [0, 0.1) is 5.92 Å². The Labute approximate surface area is 131 Å². The molecular weight excluding hydrogens is 327 g/mol. The van der Waals surface area contributed by atoms with E-state index in [0.717, 1.165) is 6.42 Å². The SMILES string of the molecule is C[C@@H]1COC(=O)[C@@]1(Cc1ccccc1)[Se]c1ccccc1. The molecule has 0 amide bonds. The van der Waals surface area contributed by atoms with Crippen molar-refractivity contribution in [3.63, 3.8) is 0 Å². The summed E-state index contributed by atoms with van der Waals surface area (Å²) in [5, 5.41) is 0. The van der Waals surface area contributed by atoms with Crippen molar-refractivity contribution in [1.29, 1.82) is 0 Å². The molecule has 0 saturated carbocycles. The number of rotatable bonds is 4. The third kappa shape index (κ3) is 2.90. The zero-order chi connectivity index (χ0) is 14.7. The molecular formula is C18H18O2Se. The maximum atomic E-state index is 12.5. The van der Waals surface area contributed by atoms with Crippen LogP contribution in [-0.2, 0) is 16.0 Å². The molecule has 21 heavy (non-hydrogen) atoms. The number of cyclic esters (lactones) is 1. The number of esters is 1. The van der Waals surface area contributed by atoms with Gasteiger partial charge in [-0.2, -0.15) is 0 Å². The summed E-state index contributed by atoms with van der Waals surface area (Å²) < 4.78 is 6.28. The fraction of sp³-hybridized carbons (Fsp3) is 0.278. The van der Waals surface area contributed by atoms with E-state index in [1.807, 2.05) is 36.4 Å². The van der Waals surface area contributed by atoms with Gasteiger partial charge in [0.2, 0.25) is 0 Å². The van der Waals surface area contributed by atoms with E-state index in [9.17, 15) is 4.79 Å². The van der Waals surface area contributed by atoms with Crippen molar-refractivity contribution in [2.24, 2.45) is 5.92 Å². The Morgan fingerprint density at radius 1 is 1.10 bits per heavy atom. The van der Waals surface area contributed by atoms with Crippen LogP contribution in [-0.4, -0.2) is 27.5 Å². The zero-order valence-electron chi connectivity index (χ0n) is 12.0. The van der Waals surface area contributed by atoms with Crippen LogP contribution in [0.4, 0.5) is 0 Å². The zero-order valence-corrected chi connectivity index (χ0v) is 13.7. The molecule has 0 aliphatic carbocycles. The Morgan fingerprint density at radius 3 is 2.29 bits per heavy atom. The molecule has 2 atom stereocenters. The minimum absolute atomic E-state index is 0.0253. The summed E-state index contributed by atoms with van der Waals surface area (Å²) in [5.41, 5.74) is 1.21. The van der Waals surface area contributed by atoms with Crippen molar-refractivity contribution in [3.05, 3.63) is 66.2 Å². The molecule has 2 aromatic rings. The van der Waals surface area contributed by atoms with Gasteiger partial charge < -0.3 is 0 Å². The van der Waals surface area contributed by atoms with Crippen molar-refractivity contribution in [3.8, 4) is 0 Å². The Balaban J connectivity index is 1.94. The van der Waals surface area contributed by atoms with Crippen LogP contribution >= 0.6 is 0 Å². The summed E-state index contributed by atoms with van der Waals surface area (Å²) in [6.07, 6.45) is 0.767. The van der Waals surface area contributed by atoms with Gasteiger partial charge in [-0.15, -0.1) is 0 Å². The van der Waals surface area contributed by atoms with Gasteiger partial charge in [-0.3, -0.25) is 0 Å². The average Bonchev–Trinajstić information content (AvgIpc) is 2.78. The van der Waals surface area contributed by atoms with Crippen molar-refractivity contribution in [2.75, 3.05) is 6.61 Å². The number of ether oxygens (including phenoxy) is 1. The molecule has 108 valence electrons. The molecule has 0 aromatic heterocycles. The Morgan fingerprint density at radius 2 is 1.71 bits per heavy atom. The molecule has 2 aromatic carbocycles. The van der Waals surface area contributed by atoms with Crippen LogP contribution in [0.2, 0.25) is 4.31 Å². The third-order valence-electron chi connectivity index (χ3n) is 3.96. The van der Waals surface area contributed by atoms with Gasteiger partial charge in [0.15, 0.2) is 0 Å². The van der Waals surface area contributed by atoms with Crippen molar-refractivity contribution >= 4 is 25.4 Å². The van der Waals surface area contributed by atoms with Crippen molar-refractivity contribution < 1.29 is 9.53 Å². The van der Waals surface area contributed by atoms with E-state index in [1.54, 1.807) is 0 Å². The van der Waals surface area contributed by atoms with Gasteiger partial charge in [0, 0.05) is 0 Å². The molecule has 0 bridgehead atoms. The van der Waals surface area contributed by atoms with E-state index >= 15 is 0 Å². The van der Waals surface area contributed by atoms with Gasteiger partial charge in [0.25, 0.3) is 0 Å². The van der Waals surface area contributed by atoms with E-state index in [-0.39, 0.29) is 31.2 Å². The second-order valence-electron chi connectivity index (χ2n) is 5.47. The first-order chi connectivity index (χ1) is 10.2. The average molecular weight is 345 g/mol. The summed E-state index contributed by atoms with van der Waals surface area (Å²) >= 11 is 0.0666. The normalized spacial score (nSPS) is 24.8. The van der Waals surface area contributed by atoms with Gasteiger partial charge in [-0.05, 0) is 0 Å². The van der Waals surface area contributed by atoms with Crippen molar-refractivity contribution in [2.45, 2.75) is 17.7 Å². The summed E-state index contributed by atoms with van der Waals surface area (Å²) in [7, 11) is 0. The minimum atomic E-state index is -0.379. The standard InChI is InChI=1S/C18H18O2Se/c1-14-13-20-17(19)18(14,12-15-8-4-2-5-9-15)21-16-10-6-3-7-11-16/h2-11,14H,12-13H2,1H3/t14-,18+/m1/s1. The molecule has 1 heterocycles. The number of carbonyl (C=O) groups is 1. The molecule has 1 aliphatic rings. The first kappa shape index (κ1) is 14.4. The molecule has 0 N–H and O–H groups in total. The van der Waals surface area contributed by atoms with Crippen molar-refractivity contribution in [1.82, 2.24) is 0 Å². The predicted octanol–water partition coefficient (Wildman–Crippen LogP) is 2.61. The number of hydrogen-bond donors (Lipinski definition) is 0. The Hall–Kier alpha value is -1.57. The van der Waals surface area contributed by atoms with Crippen LogP contribution in [0.15, 0.2) is 60.7 Å². The fourth-order valence-corrected chi connectivity index (χ4v) is 5.54. The van der Waals surface area contributed by atoms with E-state index < -0.39 is 0 Å². The fourth-order valence-electron chi connectivity index (χ4n) is 2.68. The predicted molar refractivity (Wildman–Crippen MR) is 84.8 cm³/mol. The van der Waals surface area contributed by atoms with Crippen LogP contribution < -0.4 is 4.46 Å². The first-order valence-electron chi connectivity index (χ1n) is 7.16. The number of benzene rings is 2. The quantitative estimate of drug-likeness (QED) is 0.629. The van der Waals surface area contributed by atoms with Gasteiger partial charge in [-0.25, -0.2) is 0 Å². The van der Waals surface area contributed by atoms with E-state index in [0.29, 0.717) is 6.61 Å². The molecule has 3 heteroatoms. The summed E-state index contributed by atoms with van der Waals surface area (Å²) in [6, 6.07) is 20.6. The summed E-state index contributed by atoms with van der Waals surface area (Å²) in [6.45, 7) is 2.68. The monoisotopic (exact) mass is 346 g/mol. The van der Waals surface area contributed by atoms with Gasteiger partial charge in [0.1, 0.15) is 0 Å². The summed E-state index contributed by atoms with van der Waals surface area (Å²) in [5.74, 6) is 0.230.